The first-order valence-corrected chi connectivity index (χ1v) is 7.78. The summed E-state index contributed by atoms with van der Waals surface area (Å²) >= 11 is 0. The molecular formula is C17H27NO. The van der Waals surface area contributed by atoms with Crippen LogP contribution in [0.2, 0.25) is 0 Å². The number of hydrogen-bond donors (Lipinski definition) is 1. The Hall–Kier alpha value is -1.02. The average Bonchev–Trinajstić information content (AvgIpc) is 2.47. The van der Waals surface area contributed by atoms with Crippen LogP contribution in [0, 0.1) is 5.92 Å². The van der Waals surface area contributed by atoms with Crippen molar-refractivity contribution in [2.24, 2.45) is 5.92 Å². The Morgan fingerprint density at radius 2 is 1.84 bits per heavy atom. The molecule has 19 heavy (non-hydrogen) atoms. The highest BCUT2D eigenvalue weighted by Crippen LogP contribution is 2.37. The van der Waals surface area contributed by atoms with Crippen molar-refractivity contribution in [2.45, 2.75) is 45.4 Å². The molecule has 1 aromatic rings. The molecule has 1 aliphatic rings. The summed E-state index contributed by atoms with van der Waals surface area (Å²) in [5.41, 5.74) is 1.49. The topological polar surface area (TPSA) is 21.3 Å². The van der Waals surface area contributed by atoms with E-state index in [1.165, 1.54) is 31.2 Å². The monoisotopic (exact) mass is 261 g/mol. The first-order chi connectivity index (χ1) is 9.35. The molecule has 0 radical (unpaired) electrons. The van der Waals surface area contributed by atoms with E-state index in [4.69, 9.17) is 4.74 Å². The van der Waals surface area contributed by atoms with Crippen LogP contribution in [0.5, 0.6) is 5.75 Å². The number of rotatable bonds is 6. The van der Waals surface area contributed by atoms with E-state index < -0.39 is 0 Å². The van der Waals surface area contributed by atoms with Gasteiger partial charge in [0.1, 0.15) is 5.75 Å². The van der Waals surface area contributed by atoms with E-state index in [-0.39, 0.29) is 0 Å². The third kappa shape index (κ3) is 3.97. The molecule has 0 saturated heterocycles. The van der Waals surface area contributed by atoms with Gasteiger partial charge in [-0.25, -0.2) is 0 Å². The van der Waals surface area contributed by atoms with Crippen molar-refractivity contribution in [3.63, 3.8) is 0 Å². The van der Waals surface area contributed by atoms with Crippen LogP contribution >= 0.6 is 0 Å². The van der Waals surface area contributed by atoms with Gasteiger partial charge in [-0.15, -0.1) is 0 Å². The molecule has 0 amide bonds. The predicted molar refractivity (Wildman–Crippen MR) is 80.9 cm³/mol. The molecule has 2 rings (SSSR count). The highest BCUT2D eigenvalue weighted by Gasteiger charge is 2.25. The minimum absolute atomic E-state index is 0.725. The van der Waals surface area contributed by atoms with E-state index in [0.29, 0.717) is 0 Å². The van der Waals surface area contributed by atoms with Gasteiger partial charge in [0.05, 0.1) is 6.61 Å². The summed E-state index contributed by atoms with van der Waals surface area (Å²) in [6.07, 6.45) is 5.47. The molecule has 2 nitrogen and oxygen atoms in total. The number of nitrogens with one attached hydrogen (secondary N) is 1. The van der Waals surface area contributed by atoms with Gasteiger partial charge in [-0.2, -0.15) is 0 Å². The molecule has 1 fully saturated rings. The Balaban J connectivity index is 2.03. The largest absolute Gasteiger partial charge is 0.494 e. The van der Waals surface area contributed by atoms with Crippen molar-refractivity contribution in [2.75, 3.05) is 19.7 Å². The summed E-state index contributed by atoms with van der Waals surface area (Å²) < 4.78 is 5.53. The Morgan fingerprint density at radius 1 is 1.11 bits per heavy atom. The standard InChI is InChI=1S/C17H27NO/c1-3-18-13-15-7-5-6-8-17(15)14-9-11-16(12-10-14)19-4-2/h9-12,15,17-18H,3-8,13H2,1-2H3. The second kappa shape index (κ2) is 7.54. The van der Waals surface area contributed by atoms with E-state index in [0.717, 1.165) is 37.3 Å². The van der Waals surface area contributed by atoms with Gasteiger partial charge in [0, 0.05) is 0 Å². The van der Waals surface area contributed by atoms with Crippen molar-refractivity contribution < 1.29 is 4.74 Å². The van der Waals surface area contributed by atoms with Crippen LogP contribution < -0.4 is 10.1 Å². The highest BCUT2D eigenvalue weighted by molar-refractivity contribution is 5.30. The minimum atomic E-state index is 0.725. The van der Waals surface area contributed by atoms with Gasteiger partial charge in [0.15, 0.2) is 0 Å². The lowest BCUT2D eigenvalue weighted by Crippen LogP contribution is -2.29. The van der Waals surface area contributed by atoms with Crippen LogP contribution in [0.1, 0.15) is 51.0 Å². The molecule has 0 aliphatic heterocycles. The molecule has 0 bridgehead atoms. The molecule has 1 saturated carbocycles. The smallest absolute Gasteiger partial charge is 0.119 e. The lowest BCUT2D eigenvalue weighted by Gasteiger charge is -2.32. The van der Waals surface area contributed by atoms with Crippen molar-refractivity contribution in [1.29, 1.82) is 0 Å². The fourth-order valence-corrected chi connectivity index (χ4v) is 3.20. The summed E-state index contributed by atoms with van der Waals surface area (Å²) in [4.78, 5) is 0. The van der Waals surface area contributed by atoms with Gasteiger partial charge >= 0.3 is 0 Å². The quantitative estimate of drug-likeness (QED) is 0.836. The molecule has 1 N–H and O–H groups in total. The number of ether oxygens (including phenoxy) is 1. The zero-order valence-electron chi connectivity index (χ0n) is 12.3. The van der Waals surface area contributed by atoms with E-state index in [9.17, 15) is 0 Å². The Labute approximate surface area is 117 Å². The van der Waals surface area contributed by atoms with Gasteiger partial charge in [-0.1, -0.05) is 31.9 Å². The summed E-state index contributed by atoms with van der Waals surface area (Å²) in [7, 11) is 0. The lowest BCUT2D eigenvalue weighted by molar-refractivity contribution is 0.297. The zero-order valence-corrected chi connectivity index (χ0v) is 12.3. The maximum atomic E-state index is 5.53. The van der Waals surface area contributed by atoms with Crippen LogP contribution in [0.25, 0.3) is 0 Å². The van der Waals surface area contributed by atoms with Crippen LogP contribution in [-0.4, -0.2) is 19.7 Å². The molecule has 2 unspecified atom stereocenters. The van der Waals surface area contributed by atoms with Gasteiger partial charge in [0.25, 0.3) is 0 Å². The van der Waals surface area contributed by atoms with Crippen molar-refractivity contribution in [3.8, 4) is 5.75 Å². The minimum Gasteiger partial charge on any atom is -0.494 e. The molecule has 2 atom stereocenters. The molecule has 106 valence electrons. The molecule has 0 aromatic heterocycles. The second-order valence-corrected chi connectivity index (χ2v) is 5.46. The maximum Gasteiger partial charge on any atom is 0.119 e. The molecule has 2 heteroatoms. The molecular weight excluding hydrogens is 234 g/mol. The Kier molecular flexibility index (Phi) is 5.71. The summed E-state index contributed by atoms with van der Waals surface area (Å²) in [6, 6.07) is 8.77. The third-order valence-corrected chi connectivity index (χ3v) is 4.18. The van der Waals surface area contributed by atoms with Gasteiger partial charge in [0.2, 0.25) is 0 Å². The normalized spacial score (nSPS) is 23.3. The summed E-state index contributed by atoms with van der Waals surface area (Å²) in [5, 5.41) is 3.52. The van der Waals surface area contributed by atoms with Crippen LogP contribution in [-0.2, 0) is 0 Å². The van der Waals surface area contributed by atoms with Gasteiger partial charge < -0.3 is 10.1 Å². The third-order valence-electron chi connectivity index (χ3n) is 4.18. The van der Waals surface area contributed by atoms with E-state index in [1.807, 2.05) is 6.92 Å². The lowest BCUT2D eigenvalue weighted by atomic mass is 9.75. The van der Waals surface area contributed by atoms with Gasteiger partial charge in [-0.3, -0.25) is 0 Å². The zero-order chi connectivity index (χ0) is 13.5. The maximum absolute atomic E-state index is 5.53. The molecule has 1 aliphatic carbocycles. The first kappa shape index (κ1) is 14.4. The second-order valence-electron chi connectivity index (χ2n) is 5.46. The van der Waals surface area contributed by atoms with Crippen molar-refractivity contribution in [3.05, 3.63) is 29.8 Å². The van der Waals surface area contributed by atoms with Crippen LogP contribution in [0.3, 0.4) is 0 Å². The Morgan fingerprint density at radius 3 is 2.53 bits per heavy atom. The van der Waals surface area contributed by atoms with Crippen molar-refractivity contribution >= 4 is 0 Å². The SMILES string of the molecule is CCNCC1CCCCC1c1ccc(OCC)cc1. The van der Waals surface area contributed by atoms with Crippen LogP contribution in [0.4, 0.5) is 0 Å². The Bertz CT molecular complexity index is 360. The summed E-state index contributed by atoms with van der Waals surface area (Å²) in [6.45, 7) is 7.20. The number of benzene rings is 1. The van der Waals surface area contributed by atoms with Gasteiger partial charge in [-0.05, 0) is 62.4 Å². The van der Waals surface area contributed by atoms with Crippen molar-refractivity contribution in [1.82, 2.24) is 5.32 Å². The van der Waals surface area contributed by atoms with E-state index >= 15 is 0 Å². The summed E-state index contributed by atoms with van der Waals surface area (Å²) in [5.74, 6) is 2.51. The first-order valence-electron chi connectivity index (χ1n) is 7.78. The van der Waals surface area contributed by atoms with E-state index in [1.54, 1.807) is 0 Å². The predicted octanol–water partition coefficient (Wildman–Crippen LogP) is 3.97. The van der Waals surface area contributed by atoms with Crippen LogP contribution in [0.15, 0.2) is 24.3 Å². The number of hydrogen-bond acceptors (Lipinski definition) is 2. The van der Waals surface area contributed by atoms with E-state index in [2.05, 4.69) is 36.5 Å². The molecule has 0 heterocycles. The highest BCUT2D eigenvalue weighted by atomic mass is 16.5. The molecule has 0 spiro atoms. The average molecular weight is 261 g/mol. The fourth-order valence-electron chi connectivity index (χ4n) is 3.20. The fraction of sp³-hybridized carbons (Fsp3) is 0.647. The molecule has 1 aromatic carbocycles.